The van der Waals surface area contributed by atoms with Crippen LogP contribution < -0.4 is 0 Å². The Balaban J connectivity index is 3.34. The molecular weight excluding hydrogens is 237 g/mol. The van der Waals surface area contributed by atoms with Crippen molar-refractivity contribution in [3.8, 4) is 0 Å². The molecule has 13 heavy (non-hydrogen) atoms. The van der Waals surface area contributed by atoms with Crippen molar-refractivity contribution in [3.63, 3.8) is 0 Å². The van der Waals surface area contributed by atoms with E-state index in [9.17, 15) is 19.4 Å². The lowest BCUT2D eigenvalue weighted by molar-refractivity contribution is 0.358. The molecule has 0 N–H and O–H groups in total. The molecule has 1 nitrogen and oxygen atoms in total. The van der Waals surface area contributed by atoms with Crippen molar-refractivity contribution in [1.29, 1.82) is 0 Å². The SMILES string of the molecule is FS(F)(F)(F)(F)c1ccc(Cl)cn1. The molecule has 0 saturated carbocycles. The van der Waals surface area contributed by atoms with Crippen LogP contribution in [0.5, 0.6) is 0 Å². The van der Waals surface area contributed by atoms with Crippen LogP contribution in [0.3, 0.4) is 0 Å². The van der Waals surface area contributed by atoms with Crippen LogP contribution in [0.25, 0.3) is 0 Å². The van der Waals surface area contributed by atoms with E-state index in [0.717, 1.165) is 0 Å². The van der Waals surface area contributed by atoms with E-state index >= 15 is 0 Å². The summed E-state index contributed by atoms with van der Waals surface area (Å²) in [6, 6.07) is 0.867. The summed E-state index contributed by atoms with van der Waals surface area (Å²) in [7, 11) is -9.62. The van der Waals surface area contributed by atoms with E-state index in [4.69, 9.17) is 11.6 Å². The topological polar surface area (TPSA) is 12.9 Å². The van der Waals surface area contributed by atoms with E-state index in [-0.39, 0.29) is 11.1 Å². The highest BCUT2D eigenvalue weighted by Crippen LogP contribution is 3.01. The third kappa shape index (κ3) is 2.70. The standard InChI is InChI=1S/C5H3ClF5NS/c6-4-1-2-5(12-3-4)13(7,8,9,10)11/h1-3H. The van der Waals surface area contributed by atoms with E-state index in [1.54, 1.807) is 0 Å². The van der Waals surface area contributed by atoms with Gasteiger partial charge in [-0.05, 0) is 12.1 Å². The van der Waals surface area contributed by atoms with Gasteiger partial charge >= 0.3 is 10.2 Å². The van der Waals surface area contributed by atoms with Gasteiger partial charge < -0.3 is 0 Å². The fourth-order valence-corrected chi connectivity index (χ4v) is 1.28. The van der Waals surface area contributed by atoms with Gasteiger partial charge in [0.15, 0.2) is 5.03 Å². The first-order valence-corrected chi connectivity index (χ1v) is 5.18. The fourth-order valence-electron chi connectivity index (χ4n) is 0.590. The average Bonchev–Trinajstić information content (AvgIpc) is 1.82. The van der Waals surface area contributed by atoms with Gasteiger partial charge in [0.25, 0.3) is 0 Å². The van der Waals surface area contributed by atoms with E-state index in [1.807, 2.05) is 0 Å². The molecule has 0 aliphatic carbocycles. The highest BCUT2D eigenvalue weighted by molar-refractivity contribution is 8.45. The second kappa shape index (κ2) is 2.09. The minimum Gasteiger partial charge on any atom is -0.240 e. The van der Waals surface area contributed by atoms with Crippen LogP contribution in [0.4, 0.5) is 19.4 Å². The van der Waals surface area contributed by atoms with Crippen LogP contribution in [0, 0.1) is 0 Å². The molecule has 76 valence electrons. The fraction of sp³-hybridized carbons (Fsp3) is 0. The summed E-state index contributed by atoms with van der Waals surface area (Å²) >= 11 is 5.19. The molecule has 0 aromatic carbocycles. The molecule has 1 aromatic rings. The lowest BCUT2D eigenvalue weighted by atomic mass is 10.5. The minimum absolute atomic E-state index is 0.134. The van der Waals surface area contributed by atoms with Crippen molar-refractivity contribution >= 4 is 21.8 Å². The number of rotatable bonds is 1. The van der Waals surface area contributed by atoms with Crippen molar-refractivity contribution < 1.29 is 19.4 Å². The maximum absolute atomic E-state index is 12.0. The molecule has 0 unspecified atom stereocenters. The van der Waals surface area contributed by atoms with Gasteiger partial charge in [-0.3, -0.25) is 0 Å². The lowest BCUT2D eigenvalue weighted by Gasteiger charge is -2.39. The Morgan fingerprint density at radius 3 is 1.92 bits per heavy atom. The lowest BCUT2D eigenvalue weighted by Crippen LogP contribution is -2.07. The summed E-state index contributed by atoms with van der Waals surface area (Å²) in [6.45, 7) is 0. The number of hydrogen-bond donors (Lipinski definition) is 0. The molecule has 0 spiro atoms. The Labute approximate surface area is 75.3 Å². The first-order chi connectivity index (χ1) is 5.49. The normalized spacial score (nSPS) is 17.7. The van der Waals surface area contributed by atoms with Crippen molar-refractivity contribution in [2.24, 2.45) is 0 Å². The third-order valence-electron chi connectivity index (χ3n) is 1.10. The van der Waals surface area contributed by atoms with Crippen LogP contribution in [0.1, 0.15) is 0 Å². The Hall–Kier alpha value is -0.560. The first kappa shape index (κ1) is 10.5. The van der Waals surface area contributed by atoms with E-state index in [1.165, 1.54) is 0 Å². The predicted molar refractivity (Wildman–Crippen MR) is 40.6 cm³/mol. The van der Waals surface area contributed by atoms with Crippen LogP contribution in [0.15, 0.2) is 23.4 Å². The maximum Gasteiger partial charge on any atom is 0.325 e. The summed E-state index contributed by atoms with van der Waals surface area (Å²) in [5.41, 5.74) is 0. The maximum atomic E-state index is 12.0. The van der Waals surface area contributed by atoms with Crippen molar-refractivity contribution in [3.05, 3.63) is 23.4 Å². The predicted octanol–water partition coefficient (Wildman–Crippen LogP) is 4.39. The Bertz CT molecular complexity index is 329. The molecule has 1 rings (SSSR count). The Morgan fingerprint density at radius 1 is 1.08 bits per heavy atom. The molecule has 0 atom stereocenters. The van der Waals surface area contributed by atoms with Gasteiger partial charge in [-0.15, -0.1) is 0 Å². The molecule has 8 heteroatoms. The molecule has 1 heterocycles. The second-order valence-electron chi connectivity index (χ2n) is 2.28. The molecule has 0 bridgehead atoms. The van der Waals surface area contributed by atoms with Gasteiger partial charge in [0, 0.05) is 6.20 Å². The highest BCUT2D eigenvalue weighted by atomic mass is 35.5. The first-order valence-electron chi connectivity index (χ1n) is 2.85. The molecular formula is C5H3ClF5NS. The monoisotopic (exact) mass is 239 g/mol. The van der Waals surface area contributed by atoms with Gasteiger partial charge in [-0.2, -0.15) is 0 Å². The average molecular weight is 240 g/mol. The van der Waals surface area contributed by atoms with Crippen molar-refractivity contribution in [2.75, 3.05) is 0 Å². The Morgan fingerprint density at radius 2 is 1.62 bits per heavy atom. The van der Waals surface area contributed by atoms with Gasteiger partial charge in [0.05, 0.1) is 5.02 Å². The molecule has 1 aromatic heterocycles. The third-order valence-corrected chi connectivity index (χ3v) is 2.35. The number of aromatic nitrogens is 1. The molecule has 0 amide bonds. The van der Waals surface area contributed by atoms with Gasteiger partial charge in [-0.25, -0.2) is 4.98 Å². The number of nitrogens with zero attached hydrogens (tertiary/aromatic N) is 1. The van der Waals surface area contributed by atoms with Crippen LogP contribution >= 0.6 is 21.8 Å². The zero-order valence-electron chi connectivity index (χ0n) is 5.86. The zero-order chi connectivity index (χ0) is 10.4. The van der Waals surface area contributed by atoms with Crippen molar-refractivity contribution in [1.82, 2.24) is 4.98 Å². The summed E-state index contributed by atoms with van der Waals surface area (Å²) in [5.74, 6) is 0. The smallest absolute Gasteiger partial charge is 0.240 e. The second-order valence-corrected chi connectivity index (χ2v) is 5.08. The molecule has 0 fully saturated rings. The molecule has 0 radical (unpaired) electrons. The summed E-state index contributed by atoms with van der Waals surface area (Å²) in [6.07, 6.45) is 0.523. The Kier molecular flexibility index (Phi) is 1.69. The van der Waals surface area contributed by atoms with Gasteiger partial charge in [0.2, 0.25) is 0 Å². The molecule has 0 aliphatic heterocycles. The zero-order valence-corrected chi connectivity index (χ0v) is 7.43. The highest BCUT2D eigenvalue weighted by Gasteiger charge is 2.67. The number of halogens is 6. The number of hydrogen-bond acceptors (Lipinski definition) is 1. The van der Waals surface area contributed by atoms with Crippen LogP contribution in [0.2, 0.25) is 5.02 Å². The van der Waals surface area contributed by atoms with E-state index in [0.29, 0.717) is 12.3 Å². The van der Waals surface area contributed by atoms with E-state index in [2.05, 4.69) is 4.98 Å². The minimum atomic E-state index is -9.62. The molecule has 0 aliphatic rings. The quantitative estimate of drug-likeness (QED) is 0.662. The van der Waals surface area contributed by atoms with E-state index < -0.39 is 15.3 Å². The number of pyridine rings is 1. The largest absolute Gasteiger partial charge is 0.325 e. The summed E-state index contributed by atoms with van der Waals surface area (Å²) < 4.78 is 59.9. The summed E-state index contributed by atoms with van der Waals surface area (Å²) in [5, 5.41) is -2.31. The van der Waals surface area contributed by atoms with Crippen LogP contribution in [-0.2, 0) is 0 Å². The summed E-state index contributed by atoms with van der Waals surface area (Å²) in [4.78, 5) is 2.54. The van der Waals surface area contributed by atoms with Gasteiger partial charge in [0.1, 0.15) is 0 Å². The van der Waals surface area contributed by atoms with Crippen molar-refractivity contribution in [2.45, 2.75) is 5.03 Å². The van der Waals surface area contributed by atoms with Gasteiger partial charge in [-0.1, -0.05) is 31.0 Å². The molecule has 0 saturated heterocycles. The van der Waals surface area contributed by atoms with Crippen LogP contribution in [-0.4, -0.2) is 4.98 Å².